The Morgan fingerprint density at radius 3 is 2.66 bits per heavy atom. The Bertz CT molecular complexity index is 1020. The van der Waals surface area contributed by atoms with E-state index in [4.69, 9.17) is 17.0 Å². The van der Waals surface area contributed by atoms with Gasteiger partial charge in [-0.2, -0.15) is 0 Å². The predicted octanol–water partition coefficient (Wildman–Crippen LogP) is 4.39. The minimum absolute atomic E-state index is 0.0185. The average Bonchev–Trinajstić information content (AvgIpc) is 3.23. The van der Waals surface area contributed by atoms with Gasteiger partial charge in [-0.05, 0) is 36.4 Å². The van der Waals surface area contributed by atoms with E-state index in [1.807, 2.05) is 59.5 Å². The predicted molar refractivity (Wildman–Crippen MR) is 124 cm³/mol. The van der Waals surface area contributed by atoms with Crippen molar-refractivity contribution in [3.8, 4) is 5.75 Å². The number of hydrogen-bond donors (Lipinski definition) is 1. The van der Waals surface area contributed by atoms with Gasteiger partial charge in [-0.15, -0.1) is 0 Å². The van der Waals surface area contributed by atoms with E-state index in [2.05, 4.69) is 0 Å². The summed E-state index contributed by atoms with van der Waals surface area (Å²) in [5.74, 6) is 0.635. The molecule has 1 saturated heterocycles. The molecule has 0 spiro atoms. The van der Waals surface area contributed by atoms with Gasteiger partial charge in [0.15, 0.2) is 4.32 Å². The minimum Gasteiger partial charge on any atom is -0.497 e. The van der Waals surface area contributed by atoms with Crippen LogP contribution in [0.5, 0.6) is 5.75 Å². The SMILES string of the molecule is COc1ccc2c(c1)N(CCO)C(=CC=C1SC(=S)N(c3ccccc3)C1=O)S2. The second kappa shape index (κ2) is 8.62. The number of methoxy groups -OCH3 is 1. The van der Waals surface area contributed by atoms with Gasteiger partial charge in [0.1, 0.15) is 5.75 Å². The Morgan fingerprint density at radius 1 is 1.14 bits per heavy atom. The van der Waals surface area contributed by atoms with Crippen molar-refractivity contribution < 1.29 is 14.6 Å². The maximum atomic E-state index is 12.9. The van der Waals surface area contributed by atoms with Gasteiger partial charge in [0.05, 0.1) is 35.0 Å². The lowest BCUT2D eigenvalue weighted by atomic mass is 10.2. The summed E-state index contributed by atoms with van der Waals surface area (Å²) in [5, 5.41) is 10.4. The largest absolute Gasteiger partial charge is 0.497 e. The fourth-order valence-electron chi connectivity index (χ4n) is 3.09. The Kier molecular flexibility index (Phi) is 5.96. The van der Waals surface area contributed by atoms with Crippen molar-refractivity contribution in [3.05, 3.63) is 70.6 Å². The zero-order valence-electron chi connectivity index (χ0n) is 15.6. The number of thioether (sulfide) groups is 2. The Balaban J connectivity index is 1.62. The van der Waals surface area contributed by atoms with E-state index in [1.54, 1.807) is 29.8 Å². The molecule has 4 rings (SSSR count). The van der Waals surface area contributed by atoms with Crippen molar-refractivity contribution in [1.29, 1.82) is 0 Å². The summed E-state index contributed by atoms with van der Waals surface area (Å²) in [7, 11) is 1.63. The van der Waals surface area contributed by atoms with Gasteiger partial charge in [-0.1, -0.05) is 53.9 Å². The number of aliphatic hydroxyl groups excluding tert-OH is 1. The molecule has 8 heteroatoms. The van der Waals surface area contributed by atoms with Crippen molar-refractivity contribution in [2.24, 2.45) is 0 Å². The highest BCUT2D eigenvalue weighted by atomic mass is 32.2. The summed E-state index contributed by atoms with van der Waals surface area (Å²) >= 11 is 8.31. The third kappa shape index (κ3) is 3.93. The first-order valence-electron chi connectivity index (χ1n) is 8.90. The molecule has 0 aromatic heterocycles. The van der Waals surface area contributed by atoms with Gasteiger partial charge in [-0.25, -0.2) is 0 Å². The fourth-order valence-corrected chi connectivity index (χ4v) is 5.40. The molecule has 2 aliphatic heterocycles. The van der Waals surface area contributed by atoms with Gasteiger partial charge in [0, 0.05) is 17.5 Å². The Labute approximate surface area is 183 Å². The first-order chi connectivity index (χ1) is 14.1. The number of aliphatic hydroxyl groups is 1. The number of anilines is 2. The summed E-state index contributed by atoms with van der Waals surface area (Å²) in [6.07, 6.45) is 3.71. The van der Waals surface area contributed by atoms with Gasteiger partial charge < -0.3 is 14.7 Å². The van der Waals surface area contributed by atoms with Crippen LogP contribution in [-0.4, -0.2) is 35.6 Å². The number of thiocarbonyl (C=S) groups is 1. The summed E-state index contributed by atoms with van der Waals surface area (Å²) in [6.45, 7) is 0.475. The number of para-hydroxylation sites is 1. The normalized spacial score (nSPS) is 18.8. The van der Waals surface area contributed by atoms with Crippen LogP contribution < -0.4 is 14.5 Å². The maximum absolute atomic E-state index is 12.9. The molecule has 1 fully saturated rings. The van der Waals surface area contributed by atoms with Gasteiger partial charge >= 0.3 is 0 Å². The summed E-state index contributed by atoms with van der Waals surface area (Å²) in [5.41, 5.74) is 1.75. The molecule has 0 radical (unpaired) electrons. The highest BCUT2D eigenvalue weighted by Crippen LogP contribution is 2.47. The minimum atomic E-state index is -0.126. The van der Waals surface area contributed by atoms with Crippen molar-refractivity contribution in [2.45, 2.75) is 4.90 Å². The van der Waals surface area contributed by atoms with Crippen LogP contribution in [0, 0.1) is 0 Å². The lowest BCUT2D eigenvalue weighted by Crippen LogP contribution is -2.27. The lowest BCUT2D eigenvalue weighted by molar-refractivity contribution is -0.113. The number of rotatable bonds is 5. The van der Waals surface area contributed by atoms with Crippen LogP contribution in [0.15, 0.2) is 75.5 Å². The van der Waals surface area contributed by atoms with Crippen molar-refractivity contribution >= 4 is 57.3 Å². The highest BCUT2D eigenvalue weighted by molar-refractivity contribution is 8.27. The number of benzene rings is 2. The van der Waals surface area contributed by atoms with E-state index in [0.717, 1.165) is 27.0 Å². The molecule has 0 saturated carbocycles. The van der Waals surface area contributed by atoms with Crippen LogP contribution in [0.1, 0.15) is 0 Å². The molecule has 0 unspecified atom stereocenters. The number of ether oxygens (including phenoxy) is 1. The van der Waals surface area contributed by atoms with Gasteiger partial charge in [0.2, 0.25) is 0 Å². The summed E-state index contributed by atoms with van der Waals surface area (Å²) < 4.78 is 5.84. The zero-order valence-corrected chi connectivity index (χ0v) is 18.0. The standard InChI is InChI=1S/C21H18N2O3S3/c1-26-15-7-8-17-16(13-15)22(11-12-24)19(28-17)10-9-18-20(25)23(21(27)29-18)14-5-3-2-4-6-14/h2-10,13,24H,11-12H2,1H3. The van der Waals surface area contributed by atoms with Crippen molar-refractivity contribution in [1.82, 2.24) is 0 Å². The Morgan fingerprint density at radius 2 is 1.93 bits per heavy atom. The molecule has 29 heavy (non-hydrogen) atoms. The molecule has 2 aliphatic rings. The van der Waals surface area contributed by atoms with E-state index < -0.39 is 0 Å². The number of fused-ring (bicyclic) bond motifs is 1. The number of β-amino-alcohol motifs (C(OH)–C–C–N with tert-alkyl or cyclic N) is 1. The van der Waals surface area contributed by atoms with Gasteiger partial charge in [0.25, 0.3) is 5.91 Å². The van der Waals surface area contributed by atoms with Crippen molar-refractivity contribution in [3.63, 3.8) is 0 Å². The molecule has 2 aromatic rings. The first kappa shape index (κ1) is 20.0. The third-order valence-electron chi connectivity index (χ3n) is 4.45. The average molecular weight is 443 g/mol. The van der Waals surface area contributed by atoms with Crippen LogP contribution in [0.4, 0.5) is 11.4 Å². The van der Waals surface area contributed by atoms with E-state index in [-0.39, 0.29) is 12.5 Å². The smallest absolute Gasteiger partial charge is 0.270 e. The summed E-state index contributed by atoms with van der Waals surface area (Å²) in [6, 6.07) is 15.3. The molecule has 0 bridgehead atoms. The molecular formula is C21H18N2O3S3. The third-order valence-corrected chi connectivity index (χ3v) is 6.90. The maximum Gasteiger partial charge on any atom is 0.270 e. The molecular weight excluding hydrogens is 424 g/mol. The van der Waals surface area contributed by atoms with E-state index in [9.17, 15) is 9.90 Å². The number of hydrogen-bond acceptors (Lipinski definition) is 7. The second-order valence-corrected chi connectivity index (χ2v) is 8.93. The first-order valence-corrected chi connectivity index (χ1v) is 10.9. The fraction of sp³-hybridized carbons (Fsp3) is 0.143. The number of nitrogens with zero attached hydrogens (tertiary/aromatic N) is 2. The highest BCUT2D eigenvalue weighted by Gasteiger charge is 2.33. The van der Waals surface area contributed by atoms with Crippen LogP contribution >= 0.6 is 35.7 Å². The molecule has 0 atom stereocenters. The summed E-state index contributed by atoms with van der Waals surface area (Å²) in [4.78, 5) is 18.1. The van der Waals surface area contributed by atoms with E-state index >= 15 is 0 Å². The number of amides is 1. The van der Waals surface area contributed by atoms with E-state index in [0.29, 0.717) is 15.8 Å². The van der Waals surface area contributed by atoms with Crippen LogP contribution in [0.3, 0.4) is 0 Å². The molecule has 1 N–H and O–H groups in total. The lowest BCUT2D eigenvalue weighted by Gasteiger charge is -2.19. The molecule has 5 nitrogen and oxygen atoms in total. The van der Waals surface area contributed by atoms with Crippen LogP contribution in [0.25, 0.3) is 0 Å². The molecule has 2 heterocycles. The molecule has 2 aromatic carbocycles. The molecule has 148 valence electrons. The second-order valence-electron chi connectivity index (χ2n) is 6.19. The van der Waals surface area contributed by atoms with Crippen LogP contribution in [0.2, 0.25) is 0 Å². The monoisotopic (exact) mass is 442 g/mol. The number of carbonyl (C=O) groups is 1. The zero-order chi connectivity index (χ0) is 20.4. The van der Waals surface area contributed by atoms with Gasteiger partial charge in [-0.3, -0.25) is 9.69 Å². The Hall–Kier alpha value is -2.26. The quantitative estimate of drug-likeness (QED) is 0.544. The number of allylic oxidation sites excluding steroid dienone is 2. The van der Waals surface area contributed by atoms with E-state index in [1.165, 1.54) is 11.8 Å². The van der Waals surface area contributed by atoms with Crippen molar-refractivity contribution in [2.75, 3.05) is 30.1 Å². The molecule has 1 amide bonds. The number of carbonyl (C=O) groups excluding carboxylic acids is 1. The molecule has 0 aliphatic carbocycles. The topological polar surface area (TPSA) is 53.0 Å². The van der Waals surface area contributed by atoms with Crippen LogP contribution in [-0.2, 0) is 4.79 Å².